The van der Waals surface area contributed by atoms with Crippen LogP contribution in [-0.4, -0.2) is 97.9 Å². The molecule has 10 atom stereocenters. The number of ether oxygens (including phenoxy) is 4. The summed E-state index contributed by atoms with van der Waals surface area (Å²) >= 11 is 0. The summed E-state index contributed by atoms with van der Waals surface area (Å²) in [4.78, 5) is 5.00. The van der Waals surface area contributed by atoms with Gasteiger partial charge in [0.15, 0.2) is 23.0 Å². The third-order valence-corrected chi connectivity index (χ3v) is 13.1. The number of methoxy groups -OCH3 is 2. The Balaban J connectivity index is 0.000000123. The molecule has 0 unspecified atom stereocenters. The molecule has 1 saturated carbocycles. The smallest absolute Gasteiger partial charge is 0.165 e. The lowest BCUT2D eigenvalue weighted by molar-refractivity contribution is -0.0993. The van der Waals surface area contributed by atoms with Crippen molar-refractivity contribution in [2.45, 2.75) is 85.9 Å². The van der Waals surface area contributed by atoms with Crippen LogP contribution < -0.4 is 18.9 Å². The Labute approximate surface area is 259 Å². The molecule has 4 bridgehead atoms. The average Bonchev–Trinajstić information content (AvgIpc) is 3.57. The van der Waals surface area contributed by atoms with Gasteiger partial charge in [0.2, 0.25) is 0 Å². The van der Waals surface area contributed by atoms with Gasteiger partial charge in [-0.25, -0.2) is 0 Å². The molecule has 2 aromatic rings. The molecule has 44 heavy (non-hydrogen) atoms. The van der Waals surface area contributed by atoms with Crippen molar-refractivity contribution in [1.82, 2.24) is 9.80 Å². The Kier molecular flexibility index (Phi) is 5.87. The van der Waals surface area contributed by atoms with Crippen molar-refractivity contribution in [3.8, 4) is 23.0 Å². The Hall–Kier alpha value is -2.78. The highest BCUT2D eigenvalue weighted by Crippen LogP contribution is 2.64. The number of aliphatic hydroxyl groups excluding tert-OH is 2. The van der Waals surface area contributed by atoms with Crippen LogP contribution in [0, 0.1) is 11.8 Å². The molecule has 10 rings (SSSR count). The van der Waals surface area contributed by atoms with Crippen LogP contribution in [0.5, 0.6) is 23.0 Å². The molecule has 2 spiro atoms. The van der Waals surface area contributed by atoms with Gasteiger partial charge in [0.05, 0.1) is 20.3 Å². The zero-order valence-electron chi connectivity index (χ0n) is 26.2. The molecule has 8 aliphatic rings. The molecule has 3 fully saturated rings. The fourth-order valence-electron chi connectivity index (χ4n) is 11.2. The van der Waals surface area contributed by atoms with Crippen molar-refractivity contribution in [2.75, 3.05) is 41.4 Å². The third kappa shape index (κ3) is 3.23. The number of nitrogens with zero attached hydrogens (tertiary/aromatic N) is 2. The maximum Gasteiger partial charge on any atom is 0.165 e. The Bertz CT molecular complexity index is 1550. The van der Waals surface area contributed by atoms with Gasteiger partial charge in [0.25, 0.3) is 0 Å². The summed E-state index contributed by atoms with van der Waals surface area (Å²) in [6, 6.07) is 9.53. The molecular formula is C36H44N2O6. The highest BCUT2D eigenvalue weighted by Gasteiger charge is 2.66. The van der Waals surface area contributed by atoms with Crippen LogP contribution >= 0.6 is 0 Å². The van der Waals surface area contributed by atoms with E-state index in [2.05, 4.69) is 42.1 Å². The third-order valence-electron chi connectivity index (χ3n) is 13.1. The van der Waals surface area contributed by atoms with Crippen LogP contribution in [0.2, 0.25) is 0 Å². The maximum absolute atomic E-state index is 10.6. The minimum Gasteiger partial charge on any atom is -0.493 e. The number of aliphatic hydroxyl groups is 2. The van der Waals surface area contributed by atoms with E-state index in [0.29, 0.717) is 23.9 Å². The second kappa shape index (κ2) is 9.38. The first-order valence-corrected chi connectivity index (χ1v) is 16.5. The zero-order chi connectivity index (χ0) is 30.1. The quantitative estimate of drug-likeness (QED) is 0.509. The lowest BCUT2D eigenvalue weighted by Gasteiger charge is -2.58. The standard InChI is InChI=1S/C18H23NO3.C18H21NO3/c2*1-19-8-7-18-11-4-5-13(20)17(18)22-16-14(21-2)6-3-10(15(16)18)9-12(11)19/h3,6,11-13,17,20H,4-5,7-9H2,1-2H3;3-6,11-13,17,20H,7-9H2,1-2H3/t2*11-,12+,13-,17-,18-/m00/s1. The summed E-state index contributed by atoms with van der Waals surface area (Å²) in [6.45, 7) is 2.14. The van der Waals surface area contributed by atoms with Crippen molar-refractivity contribution in [2.24, 2.45) is 11.8 Å². The molecule has 4 aliphatic carbocycles. The molecule has 0 aromatic heterocycles. The van der Waals surface area contributed by atoms with Crippen molar-refractivity contribution < 1.29 is 29.2 Å². The number of likely N-dealkylation sites (N-methyl/N-ethyl adjacent to an activating group) is 2. The number of rotatable bonds is 2. The van der Waals surface area contributed by atoms with E-state index in [1.165, 1.54) is 22.3 Å². The van der Waals surface area contributed by atoms with Gasteiger partial charge in [-0.2, -0.15) is 0 Å². The highest BCUT2D eigenvalue weighted by atomic mass is 16.5. The molecular weight excluding hydrogens is 556 g/mol. The molecule has 4 aliphatic heterocycles. The Morgan fingerprint density at radius 2 is 1.34 bits per heavy atom. The molecule has 2 saturated heterocycles. The van der Waals surface area contributed by atoms with E-state index < -0.39 is 6.10 Å². The van der Waals surface area contributed by atoms with Gasteiger partial charge in [-0.15, -0.1) is 0 Å². The van der Waals surface area contributed by atoms with E-state index in [4.69, 9.17) is 18.9 Å². The highest BCUT2D eigenvalue weighted by molar-refractivity contribution is 5.63. The molecule has 0 radical (unpaired) electrons. The first-order chi connectivity index (χ1) is 21.3. The zero-order valence-corrected chi connectivity index (χ0v) is 26.2. The normalized spacial score (nSPS) is 41.4. The van der Waals surface area contributed by atoms with Gasteiger partial charge in [-0.3, -0.25) is 0 Å². The summed E-state index contributed by atoms with van der Waals surface area (Å²) in [5.41, 5.74) is 5.38. The van der Waals surface area contributed by atoms with Crippen LogP contribution in [0.3, 0.4) is 0 Å². The molecule has 4 heterocycles. The number of piperidine rings is 2. The molecule has 8 nitrogen and oxygen atoms in total. The van der Waals surface area contributed by atoms with E-state index in [9.17, 15) is 10.2 Å². The largest absolute Gasteiger partial charge is 0.493 e. The van der Waals surface area contributed by atoms with Gasteiger partial charge >= 0.3 is 0 Å². The van der Waals surface area contributed by atoms with E-state index >= 15 is 0 Å². The molecule has 0 amide bonds. The monoisotopic (exact) mass is 600 g/mol. The van der Waals surface area contributed by atoms with Crippen LogP contribution in [0.25, 0.3) is 0 Å². The fourth-order valence-corrected chi connectivity index (χ4v) is 11.2. The first-order valence-electron chi connectivity index (χ1n) is 16.5. The van der Waals surface area contributed by atoms with Crippen LogP contribution in [0.15, 0.2) is 36.4 Å². The summed E-state index contributed by atoms with van der Waals surface area (Å²) in [5.74, 6) is 4.43. The SMILES string of the molecule is COc1ccc2c3c1O[C@H]1[C@@H](O)C=C[C@H]4[C@@H](C2)N(C)CC[C@@]341.COc1ccc2c3c1O[C@H]1[C@@H](O)CC[C@H]4[C@@H](C2)N(C)CC[C@@]341. The van der Waals surface area contributed by atoms with E-state index in [1.54, 1.807) is 14.2 Å². The molecule has 234 valence electrons. The second-order valence-electron chi connectivity index (χ2n) is 14.6. The predicted octanol–water partition coefficient (Wildman–Crippen LogP) is 3.23. The molecule has 2 aromatic carbocycles. The summed E-state index contributed by atoms with van der Waals surface area (Å²) in [5, 5.41) is 21.2. The summed E-state index contributed by atoms with van der Waals surface area (Å²) < 4.78 is 23.7. The van der Waals surface area contributed by atoms with Crippen molar-refractivity contribution in [3.63, 3.8) is 0 Å². The second-order valence-corrected chi connectivity index (χ2v) is 14.6. The fraction of sp³-hybridized carbons (Fsp3) is 0.611. The van der Waals surface area contributed by atoms with Gasteiger partial charge in [-0.1, -0.05) is 24.3 Å². The number of likely N-dealkylation sites (tertiary alicyclic amines) is 2. The van der Waals surface area contributed by atoms with Gasteiger partial charge in [0.1, 0.15) is 18.3 Å². The van der Waals surface area contributed by atoms with E-state index in [-0.39, 0.29) is 29.1 Å². The van der Waals surface area contributed by atoms with E-state index in [0.717, 1.165) is 74.6 Å². The predicted molar refractivity (Wildman–Crippen MR) is 165 cm³/mol. The number of hydrogen-bond donors (Lipinski definition) is 2. The van der Waals surface area contributed by atoms with Crippen molar-refractivity contribution in [1.29, 1.82) is 0 Å². The Morgan fingerprint density at radius 1 is 0.750 bits per heavy atom. The first kappa shape index (κ1) is 27.5. The van der Waals surface area contributed by atoms with Gasteiger partial charge in [0, 0.05) is 40.0 Å². The maximum atomic E-state index is 10.6. The lowest BCUT2D eigenvalue weighted by atomic mass is 9.51. The minimum atomic E-state index is -0.539. The summed E-state index contributed by atoms with van der Waals surface area (Å²) in [7, 11) is 7.86. The van der Waals surface area contributed by atoms with Crippen LogP contribution in [0.4, 0.5) is 0 Å². The minimum absolute atomic E-state index is 0.00625. The van der Waals surface area contributed by atoms with Gasteiger partial charge in [-0.05, 0) is 94.9 Å². The van der Waals surface area contributed by atoms with Crippen LogP contribution in [-0.2, 0) is 23.7 Å². The lowest BCUT2D eigenvalue weighted by Crippen LogP contribution is -2.66. The van der Waals surface area contributed by atoms with Crippen molar-refractivity contribution >= 4 is 0 Å². The summed E-state index contributed by atoms with van der Waals surface area (Å²) in [6.07, 6.45) is 9.23. The molecule has 8 heteroatoms. The Morgan fingerprint density at radius 3 is 2.02 bits per heavy atom. The average molecular weight is 601 g/mol. The van der Waals surface area contributed by atoms with Crippen molar-refractivity contribution in [3.05, 3.63) is 58.7 Å². The van der Waals surface area contributed by atoms with Crippen LogP contribution in [0.1, 0.15) is 47.9 Å². The molecule has 2 N–H and O–H groups in total. The topological polar surface area (TPSA) is 83.9 Å². The van der Waals surface area contributed by atoms with Gasteiger partial charge < -0.3 is 39.0 Å². The van der Waals surface area contributed by atoms with E-state index in [1.807, 2.05) is 18.2 Å². The number of benzene rings is 2. The number of hydrogen-bond acceptors (Lipinski definition) is 8.